The van der Waals surface area contributed by atoms with E-state index in [9.17, 15) is 24.7 Å². The van der Waals surface area contributed by atoms with Gasteiger partial charge in [-0.05, 0) is 25.0 Å². The van der Waals surface area contributed by atoms with Crippen LogP contribution < -0.4 is 0 Å². The molecule has 0 spiro atoms. The highest BCUT2D eigenvalue weighted by molar-refractivity contribution is 6.21. The van der Waals surface area contributed by atoms with E-state index in [1.807, 2.05) is 0 Å². The zero-order chi connectivity index (χ0) is 19.6. The SMILES string of the molecule is CC(C)[C@@H](C(=O)O)N(C)[N+]([O-])=NOC(C)N1C(=O)c2ccccc2C1=O. The molecule has 1 N–H and O–H groups in total. The lowest BCUT2D eigenvalue weighted by atomic mass is 10.1. The molecule has 2 atom stereocenters. The molecule has 0 aromatic heterocycles. The first-order valence-corrected chi connectivity index (χ1v) is 7.93. The Labute approximate surface area is 149 Å². The molecule has 1 aromatic carbocycles. The van der Waals surface area contributed by atoms with Crippen molar-refractivity contribution in [3.63, 3.8) is 0 Å². The van der Waals surface area contributed by atoms with Crippen LogP contribution in [0.5, 0.6) is 0 Å². The summed E-state index contributed by atoms with van der Waals surface area (Å²) in [5.41, 5.74) is 0.490. The molecule has 26 heavy (non-hydrogen) atoms. The van der Waals surface area contributed by atoms with Crippen LogP contribution in [0, 0.1) is 11.1 Å². The summed E-state index contributed by atoms with van der Waals surface area (Å²) in [5, 5.41) is 25.3. The average Bonchev–Trinajstić information content (AvgIpc) is 2.83. The number of carboxylic acid groups (broad SMARTS) is 1. The Morgan fingerprint density at radius 1 is 1.23 bits per heavy atom. The molecule has 1 aliphatic heterocycles. The van der Waals surface area contributed by atoms with Crippen LogP contribution in [0.1, 0.15) is 41.5 Å². The Balaban J connectivity index is 2.12. The summed E-state index contributed by atoms with van der Waals surface area (Å²) in [6.07, 6.45) is -1.14. The molecule has 2 amide bonds. The summed E-state index contributed by atoms with van der Waals surface area (Å²) >= 11 is 0. The first-order chi connectivity index (χ1) is 12.2. The first-order valence-electron chi connectivity index (χ1n) is 7.93. The Morgan fingerprint density at radius 2 is 1.73 bits per heavy atom. The molecule has 1 unspecified atom stereocenters. The number of carboxylic acids is 1. The van der Waals surface area contributed by atoms with Gasteiger partial charge in [-0.25, -0.2) is 9.69 Å². The number of hydrogen-bond acceptors (Lipinski definition) is 6. The normalized spacial score (nSPS) is 16.5. The maximum Gasteiger partial charge on any atom is 0.332 e. The first kappa shape index (κ1) is 19.2. The fourth-order valence-corrected chi connectivity index (χ4v) is 2.73. The van der Waals surface area contributed by atoms with E-state index < -0.39 is 30.1 Å². The number of hydrazine groups is 1. The van der Waals surface area contributed by atoms with Gasteiger partial charge in [0.2, 0.25) is 11.5 Å². The molecule has 0 bridgehead atoms. The third-order valence-corrected chi connectivity index (χ3v) is 4.02. The van der Waals surface area contributed by atoms with Gasteiger partial charge in [-0.3, -0.25) is 9.59 Å². The van der Waals surface area contributed by atoms with Crippen molar-refractivity contribution in [2.45, 2.75) is 33.0 Å². The minimum Gasteiger partial charge on any atom is -0.569 e. The number of benzene rings is 1. The Hall–Kier alpha value is -3.17. The summed E-state index contributed by atoms with van der Waals surface area (Å²) in [4.78, 5) is 41.7. The Kier molecular flexibility index (Phi) is 5.44. The third-order valence-electron chi connectivity index (χ3n) is 4.02. The minimum absolute atomic E-state index is 0.0204. The second kappa shape index (κ2) is 7.38. The molecule has 10 nitrogen and oxygen atoms in total. The van der Waals surface area contributed by atoms with Gasteiger partial charge in [0.25, 0.3) is 11.8 Å². The Morgan fingerprint density at radius 3 is 2.15 bits per heavy atom. The zero-order valence-corrected chi connectivity index (χ0v) is 14.8. The van der Waals surface area contributed by atoms with Gasteiger partial charge in [-0.2, -0.15) is 0 Å². The lowest BCUT2D eigenvalue weighted by Crippen LogP contribution is -2.46. The lowest BCUT2D eigenvalue weighted by molar-refractivity contribution is -0.713. The number of imide groups is 1. The second-order valence-electron chi connectivity index (χ2n) is 6.17. The van der Waals surface area contributed by atoms with E-state index in [0.717, 1.165) is 9.91 Å². The van der Waals surface area contributed by atoms with Gasteiger partial charge in [0.1, 0.15) is 0 Å². The van der Waals surface area contributed by atoms with Crippen molar-refractivity contribution in [1.82, 2.24) is 9.91 Å². The van der Waals surface area contributed by atoms with Crippen LogP contribution in [0.3, 0.4) is 0 Å². The topological polar surface area (TPSA) is 126 Å². The summed E-state index contributed by atoms with van der Waals surface area (Å²) < 4.78 is 0. The fourth-order valence-electron chi connectivity index (χ4n) is 2.73. The largest absolute Gasteiger partial charge is 0.569 e. The van der Waals surface area contributed by atoms with Crippen molar-refractivity contribution in [2.75, 3.05) is 7.05 Å². The van der Waals surface area contributed by atoms with Gasteiger partial charge >= 0.3 is 5.97 Å². The van der Waals surface area contributed by atoms with Gasteiger partial charge < -0.3 is 15.2 Å². The van der Waals surface area contributed by atoms with Crippen molar-refractivity contribution in [3.8, 4) is 0 Å². The van der Waals surface area contributed by atoms with Crippen LogP contribution in [-0.4, -0.2) is 57.1 Å². The number of rotatable bonds is 7. The summed E-state index contributed by atoms with van der Waals surface area (Å²) in [6, 6.07) is 5.20. The van der Waals surface area contributed by atoms with Crippen molar-refractivity contribution < 1.29 is 29.3 Å². The van der Waals surface area contributed by atoms with Gasteiger partial charge in [0, 0.05) is 0 Å². The number of aliphatic carboxylic acids is 1. The molecule has 0 saturated carbocycles. The fraction of sp³-hybridized carbons (Fsp3) is 0.438. The third kappa shape index (κ3) is 3.44. The minimum atomic E-state index is -1.19. The van der Waals surface area contributed by atoms with Crippen LogP contribution in [0.25, 0.3) is 0 Å². The standard InChI is InChI=1S/C16H20N4O6/c1-9(2)13(16(23)24)18(4)20(25)17-26-10(3)19-14(21)11-7-5-6-8-12(11)15(19)22/h5-10,13H,1-4H3,(H,23,24)/t10?,13-/m0/s1. The van der Waals surface area contributed by atoms with E-state index in [0.29, 0.717) is 0 Å². The van der Waals surface area contributed by atoms with Gasteiger partial charge in [0.15, 0.2) is 6.04 Å². The molecule has 1 heterocycles. The molecule has 0 aliphatic carbocycles. The van der Waals surface area contributed by atoms with E-state index >= 15 is 0 Å². The predicted octanol–water partition coefficient (Wildman–Crippen LogP) is 1.48. The molecule has 1 aromatic rings. The van der Waals surface area contributed by atoms with Crippen molar-refractivity contribution in [3.05, 3.63) is 40.6 Å². The molecule has 0 fully saturated rings. The number of likely N-dealkylation sites (N-methyl/N-ethyl adjacent to an activating group) is 1. The molecule has 0 saturated heterocycles. The molecular formula is C16H20N4O6. The van der Waals surface area contributed by atoms with Gasteiger partial charge in [0.05, 0.1) is 23.1 Å². The molecule has 0 radical (unpaired) electrons. The number of carbonyl (C=O) groups excluding carboxylic acids is 2. The van der Waals surface area contributed by atoms with Crippen molar-refractivity contribution in [1.29, 1.82) is 0 Å². The van der Waals surface area contributed by atoms with Crippen LogP contribution in [0.15, 0.2) is 29.5 Å². The number of fused-ring (bicyclic) bond motifs is 1. The van der Waals surface area contributed by atoms with Crippen LogP contribution in [0.4, 0.5) is 0 Å². The lowest BCUT2D eigenvalue weighted by Gasteiger charge is -2.24. The average molecular weight is 364 g/mol. The molecule has 1 aliphatic rings. The number of hydrogen-bond donors (Lipinski definition) is 1. The summed E-state index contributed by atoms with van der Waals surface area (Å²) in [6.45, 7) is 4.67. The van der Waals surface area contributed by atoms with E-state index in [-0.39, 0.29) is 22.0 Å². The molecular weight excluding hydrogens is 344 g/mol. The van der Waals surface area contributed by atoms with E-state index in [1.54, 1.807) is 26.0 Å². The number of nitrogens with zero attached hydrogens (tertiary/aromatic N) is 4. The van der Waals surface area contributed by atoms with Crippen LogP contribution in [0.2, 0.25) is 0 Å². The molecule has 2 rings (SSSR count). The van der Waals surface area contributed by atoms with Crippen LogP contribution >= 0.6 is 0 Å². The highest BCUT2D eigenvalue weighted by Gasteiger charge is 2.40. The van der Waals surface area contributed by atoms with E-state index in [2.05, 4.69) is 5.28 Å². The second-order valence-corrected chi connectivity index (χ2v) is 6.17. The van der Waals surface area contributed by atoms with Crippen molar-refractivity contribution in [2.24, 2.45) is 11.2 Å². The Bertz CT molecular complexity index is 728. The predicted molar refractivity (Wildman–Crippen MR) is 87.6 cm³/mol. The summed E-state index contributed by atoms with van der Waals surface area (Å²) in [7, 11) is 1.26. The smallest absolute Gasteiger partial charge is 0.332 e. The van der Waals surface area contributed by atoms with E-state index in [4.69, 9.17) is 4.84 Å². The highest BCUT2D eigenvalue weighted by atomic mass is 16.7. The van der Waals surface area contributed by atoms with Crippen LogP contribution in [-0.2, 0) is 9.63 Å². The van der Waals surface area contributed by atoms with Gasteiger partial charge in [-0.15, -0.1) is 5.01 Å². The monoisotopic (exact) mass is 364 g/mol. The summed E-state index contributed by atoms with van der Waals surface area (Å²) in [5.74, 6) is -2.65. The quantitative estimate of drug-likeness (QED) is 0.336. The molecule has 140 valence electrons. The maximum absolute atomic E-state index is 12.3. The number of amides is 2. The zero-order valence-electron chi connectivity index (χ0n) is 14.8. The molecule has 10 heteroatoms. The van der Waals surface area contributed by atoms with E-state index in [1.165, 1.54) is 26.1 Å². The van der Waals surface area contributed by atoms with Crippen molar-refractivity contribution >= 4 is 17.8 Å². The van der Waals surface area contributed by atoms with Gasteiger partial charge in [-0.1, -0.05) is 26.0 Å². The highest BCUT2D eigenvalue weighted by Crippen LogP contribution is 2.24. The number of carbonyl (C=O) groups is 3. The maximum atomic E-state index is 12.3.